The lowest BCUT2D eigenvalue weighted by Crippen LogP contribution is -2.39. The number of hydrogen-bond acceptors (Lipinski definition) is 4. The molecule has 2 N–H and O–H groups in total. The van der Waals surface area contributed by atoms with Crippen molar-refractivity contribution in [1.82, 2.24) is 15.6 Å². The van der Waals surface area contributed by atoms with Crippen molar-refractivity contribution in [2.45, 2.75) is 26.4 Å². The fourth-order valence-corrected chi connectivity index (χ4v) is 2.79. The van der Waals surface area contributed by atoms with E-state index in [2.05, 4.69) is 15.6 Å². The molecule has 6 nitrogen and oxygen atoms in total. The van der Waals surface area contributed by atoms with Crippen molar-refractivity contribution >= 4 is 17.6 Å². The molecule has 1 atom stereocenters. The van der Waals surface area contributed by atoms with Gasteiger partial charge in [-0.15, -0.1) is 0 Å². The molecule has 0 saturated carbocycles. The largest absolute Gasteiger partial charge is 0.475 e. The summed E-state index contributed by atoms with van der Waals surface area (Å²) in [7, 11) is 1.62. The van der Waals surface area contributed by atoms with Crippen molar-refractivity contribution in [1.29, 1.82) is 0 Å². The van der Waals surface area contributed by atoms with Crippen molar-refractivity contribution in [3.05, 3.63) is 58.7 Å². The van der Waals surface area contributed by atoms with E-state index in [4.69, 9.17) is 21.1 Å². The van der Waals surface area contributed by atoms with Gasteiger partial charge in [0.25, 0.3) is 0 Å². The van der Waals surface area contributed by atoms with Crippen molar-refractivity contribution in [3.63, 3.8) is 0 Å². The molecule has 7 heteroatoms. The van der Waals surface area contributed by atoms with Gasteiger partial charge in [0, 0.05) is 30.9 Å². The van der Waals surface area contributed by atoms with Gasteiger partial charge >= 0.3 is 6.03 Å². The maximum atomic E-state index is 12.3. The van der Waals surface area contributed by atoms with E-state index in [-0.39, 0.29) is 18.0 Å². The highest BCUT2D eigenvalue weighted by Crippen LogP contribution is 2.27. The number of urea groups is 1. The second-order valence-electron chi connectivity index (χ2n) is 6.42. The van der Waals surface area contributed by atoms with Gasteiger partial charge in [-0.25, -0.2) is 9.78 Å². The fourth-order valence-electron chi connectivity index (χ4n) is 2.54. The van der Waals surface area contributed by atoms with Crippen molar-refractivity contribution in [3.8, 4) is 5.88 Å². The van der Waals surface area contributed by atoms with Gasteiger partial charge in [-0.2, -0.15) is 0 Å². The van der Waals surface area contributed by atoms with Crippen LogP contribution >= 0.6 is 11.6 Å². The van der Waals surface area contributed by atoms with Gasteiger partial charge in [0.05, 0.1) is 12.6 Å². The van der Waals surface area contributed by atoms with Gasteiger partial charge in [-0.1, -0.05) is 49.7 Å². The Hall–Kier alpha value is -2.31. The van der Waals surface area contributed by atoms with Crippen LogP contribution < -0.4 is 15.4 Å². The topological polar surface area (TPSA) is 72.5 Å². The average molecular weight is 392 g/mol. The summed E-state index contributed by atoms with van der Waals surface area (Å²) in [6, 6.07) is 10.8. The molecule has 0 saturated heterocycles. The highest BCUT2D eigenvalue weighted by atomic mass is 35.5. The van der Waals surface area contributed by atoms with Crippen LogP contribution in [0.2, 0.25) is 5.02 Å². The lowest BCUT2D eigenvalue weighted by atomic mass is 9.96. The molecule has 2 rings (SSSR count). The number of halogens is 1. The summed E-state index contributed by atoms with van der Waals surface area (Å²) in [5.41, 5.74) is 1.78. The molecule has 0 aliphatic carbocycles. The average Bonchev–Trinajstić information content (AvgIpc) is 2.66. The summed E-state index contributed by atoms with van der Waals surface area (Å²) < 4.78 is 10.3. The van der Waals surface area contributed by atoms with Crippen molar-refractivity contribution < 1.29 is 14.3 Å². The zero-order valence-electron chi connectivity index (χ0n) is 15.9. The molecule has 2 aromatic rings. The molecule has 146 valence electrons. The van der Waals surface area contributed by atoms with Crippen LogP contribution in [0, 0.1) is 5.92 Å². The smallest absolute Gasteiger partial charge is 0.315 e. The first-order valence-corrected chi connectivity index (χ1v) is 9.24. The van der Waals surface area contributed by atoms with Gasteiger partial charge in [-0.3, -0.25) is 0 Å². The predicted molar refractivity (Wildman–Crippen MR) is 106 cm³/mol. The van der Waals surface area contributed by atoms with E-state index in [0.29, 0.717) is 30.7 Å². The van der Waals surface area contributed by atoms with Crippen LogP contribution in [0.4, 0.5) is 4.79 Å². The number of hydrogen-bond donors (Lipinski definition) is 2. The molecule has 0 radical (unpaired) electrons. The van der Waals surface area contributed by atoms with Crippen LogP contribution in [0.25, 0.3) is 0 Å². The molecule has 1 aromatic heterocycles. The highest BCUT2D eigenvalue weighted by Gasteiger charge is 2.20. The van der Waals surface area contributed by atoms with E-state index in [9.17, 15) is 4.79 Å². The van der Waals surface area contributed by atoms with E-state index in [1.807, 2.05) is 44.2 Å². The standard InChI is InChI=1S/C20H26ClN3O3/c1-14(2)19(16-6-4-5-7-17(16)21)24-20(25)23-13-15-8-9-18(22-12-15)27-11-10-26-3/h4-9,12,14,19H,10-11,13H2,1-3H3,(H2,23,24,25). The maximum Gasteiger partial charge on any atom is 0.315 e. The molecular formula is C20H26ClN3O3. The highest BCUT2D eigenvalue weighted by molar-refractivity contribution is 6.31. The van der Waals surface area contributed by atoms with Gasteiger partial charge in [-0.05, 0) is 23.1 Å². The number of amides is 2. The molecule has 0 fully saturated rings. The number of benzene rings is 1. The molecule has 27 heavy (non-hydrogen) atoms. The van der Waals surface area contributed by atoms with Gasteiger partial charge in [0.2, 0.25) is 5.88 Å². The quantitative estimate of drug-likeness (QED) is 0.634. The minimum atomic E-state index is -0.256. The van der Waals surface area contributed by atoms with Gasteiger partial charge in [0.1, 0.15) is 6.61 Å². The number of carbonyl (C=O) groups excluding carboxylic acids is 1. The second-order valence-corrected chi connectivity index (χ2v) is 6.82. The Labute approximate surface area is 165 Å². The number of pyridine rings is 1. The zero-order chi connectivity index (χ0) is 19.6. The normalized spacial score (nSPS) is 11.9. The summed E-state index contributed by atoms with van der Waals surface area (Å²) in [5, 5.41) is 6.49. The zero-order valence-corrected chi connectivity index (χ0v) is 16.6. The second kappa shape index (κ2) is 10.7. The third-order valence-electron chi connectivity index (χ3n) is 3.98. The lowest BCUT2D eigenvalue weighted by molar-refractivity contribution is 0.143. The van der Waals surface area contributed by atoms with Crippen LogP contribution in [0.15, 0.2) is 42.6 Å². The van der Waals surface area contributed by atoms with Crippen LogP contribution in [-0.4, -0.2) is 31.3 Å². The lowest BCUT2D eigenvalue weighted by Gasteiger charge is -2.24. The Morgan fingerprint density at radius 3 is 2.59 bits per heavy atom. The Morgan fingerprint density at radius 2 is 1.96 bits per heavy atom. The first-order valence-electron chi connectivity index (χ1n) is 8.86. The number of nitrogens with one attached hydrogen (secondary N) is 2. The number of ether oxygens (including phenoxy) is 2. The fraction of sp³-hybridized carbons (Fsp3) is 0.400. The van der Waals surface area contributed by atoms with Crippen LogP contribution in [0.5, 0.6) is 5.88 Å². The van der Waals surface area contributed by atoms with Crippen LogP contribution in [0.3, 0.4) is 0 Å². The third-order valence-corrected chi connectivity index (χ3v) is 4.33. The molecule has 0 bridgehead atoms. The summed E-state index contributed by atoms with van der Waals surface area (Å²) in [6.45, 7) is 5.40. The molecule has 0 aliphatic rings. The van der Waals surface area contributed by atoms with E-state index in [1.54, 1.807) is 19.4 Å². The number of aromatic nitrogens is 1. The van der Waals surface area contributed by atoms with E-state index < -0.39 is 0 Å². The van der Waals surface area contributed by atoms with Crippen LogP contribution in [0.1, 0.15) is 31.0 Å². The predicted octanol–water partition coefficient (Wildman–Crippen LogP) is 3.96. The molecule has 2 amide bonds. The Kier molecular flexibility index (Phi) is 8.36. The van der Waals surface area contributed by atoms with Gasteiger partial charge in [0.15, 0.2) is 0 Å². The summed E-state index contributed by atoms with van der Waals surface area (Å²) in [5.74, 6) is 0.722. The summed E-state index contributed by atoms with van der Waals surface area (Å²) >= 11 is 6.28. The van der Waals surface area contributed by atoms with E-state index in [0.717, 1.165) is 11.1 Å². The van der Waals surface area contributed by atoms with Gasteiger partial charge < -0.3 is 20.1 Å². The maximum absolute atomic E-state index is 12.3. The first kappa shape index (κ1) is 21.0. The minimum absolute atomic E-state index is 0.173. The van der Waals surface area contributed by atoms with E-state index in [1.165, 1.54) is 0 Å². The summed E-state index contributed by atoms with van der Waals surface area (Å²) in [6.07, 6.45) is 1.68. The molecule has 0 spiro atoms. The Morgan fingerprint density at radius 1 is 1.19 bits per heavy atom. The Balaban J connectivity index is 1.88. The SMILES string of the molecule is COCCOc1ccc(CNC(=O)NC(c2ccccc2Cl)C(C)C)cn1. The summed E-state index contributed by atoms with van der Waals surface area (Å²) in [4.78, 5) is 16.5. The first-order chi connectivity index (χ1) is 13.0. The molecule has 1 heterocycles. The number of rotatable bonds is 9. The molecule has 1 unspecified atom stereocenters. The molecule has 1 aromatic carbocycles. The van der Waals surface area contributed by atoms with Crippen LogP contribution in [-0.2, 0) is 11.3 Å². The minimum Gasteiger partial charge on any atom is -0.475 e. The number of nitrogens with zero attached hydrogens (tertiary/aromatic N) is 1. The molecular weight excluding hydrogens is 366 g/mol. The Bertz CT molecular complexity index is 723. The monoisotopic (exact) mass is 391 g/mol. The third kappa shape index (κ3) is 6.73. The van der Waals surface area contributed by atoms with E-state index >= 15 is 0 Å². The molecule has 0 aliphatic heterocycles. The number of methoxy groups -OCH3 is 1. The number of carbonyl (C=O) groups is 1. The van der Waals surface area contributed by atoms with Crippen molar-refractivity contribution in [2.75, 3.05) is 20.3 Å². The van der Waals surface area contributed by atoms with Crippen molar-refractivity contribution in [2.24, 2.45) is 5.92 Å².